The lowest BCUT2D eigenvalue weighted by molar-refractivity contribution is 0.0977. The third-order valence-corrected chi connectivity index (χ3v) is 7.08. The number of hydrogen-bond donors (Lipinski definition) is 1. The fourth-order valence-corrected chi connectivity index (χ4v) is 4.84. The summed E-state index contributed by atoms with van der Waals surface area (Å²) in [4.78, 5) is 16.6. The molecule has 0 unspecified atom stereocenters. The number of aromatic nitrogens is 3. The van der Waals surface area contributed by atoms with Crippen molar-refractivity contribution in [2.24, 2.45) is 0 Å². The van der Waals surface area contributed by atoms with Gasteiger partial charge in [0, 0.05) is 17.1 Å². The van der Waals surface area contributed by atoms with Gasteiger partial charge in [-0.25, -0.2) is 22.8 Å². The number of nitrogens with one attached hydrogen (secondary N) is 1. The second-order valence-electron chi connectivity index (χ2n) is 5.96. The van der Waals surface area contributed by atoms with E-state index in [-0.39, 0.29) is 5.69 Å². The first-order chi connectivity index (χ1) is 12.9. The van der Waals surface area contributed by atoms with E-state index in [9.17, 15) is 13.2 Å². The lowest BCUT2D eigenvalue weighted by Gasteiger charge is -2.13. The lowest BCUT2D eigenvalue weighted by Crippen LogP contribution is -2.38. The molecule has 9 heteroatoms. The average Bonchev–Trinajstić information content (AvgIpc) is 3.32. The van der Waals surface area contributed by atoms with Gasteiger partial charge in [-0.05, 0) is 25.0 Å². The highest BCUT2D eigenvalue weighted by Gasteiger charge is 2.25. The Labute approximate surface area is 162 Å². The van der Waals surface area contributed by atoms with Crippen LogP contribution in [0.25, 0.3) is 16.3 Å². The smallest absolute Gasteiger partial charge is 0.266 e. The summed E-state index contributed by atoms with van der Waals surface area (Å²) in [6, 6.07) is 9.63. The number of rotatable bonds is 7. The molecule has 0 atom stereocenters. The van der Waals surface area contributed by atoms with Crippen LogP contribution in [-0.2, 0) is 10.0 Å². The molecule has 1 amide bonds. The Morgan fingerprint density at radius 3 is 2.59 bits per heavy atom. The van der Waals surface area contributed by atoms with Crippen molar-refractivity contribution < 1.29 is 13.2 Å². The molecule has 0 radical (unpaired) electrons. The molecule has 7 nitrogen and oxygen atoms in total. The second-order valence-corrected chi connectivity index (χ2v) is 8.78. The van der Waals surface area contributed by atoms with Crippen molar-refractivity contribution in [3.8, 4) is 16.3 Å². The number of nitrogens with zero attached hydrogens (tertiary/aromatic N) is 3. The number of carbonyl (C=O) groups is 1. The van der Waals surface area contributed by atoms with Gasteiger partial charge in [0.2, 0.25) is 10.0 Å². The van der Waals surface area contributed by atoms with Crippen molar-refractivity contribution in [3.63, 3.8) is 0 Å². The Morgan fingerprint density at radius 1 is 1.22 bits per heavy atom. The maximum Gasteiger partial charge on any atom is 0.284 e. The summed E-state index contributed by atoms with van der Waals surface area (Å²) in [5.74, 6) is -0.708. The second kappa shape index (κ2) is 8.01. The van der Waals surface area contributed by atoms with Crippen molar-refractivity contribution in [3.05, 3.63) is 53.8 Å². The molecular weight excluding hydrogens is 384 g/mol. The van der Waals surface area contributed by atoms with E-state index in [0.717, 1.165) is 11.3 Å². The topological polar surface area (TPSA) is 94.0 Å². The summed E-state index contributed by atoms with van der Waals surface area (Å²) in [6.45, 7) is 3.56. The SMILES string of the molecule is CCC(CC)S(=O)(=O)NC(=O)c1csc(-c2cnn(-c3ccccc3)c2)n1. The van der Waals surface area contributed by atoms with Crippen molar-refractivity contribution >= 4 is 27.3 Å². The first kappa shape index (κ1) is 19.2. The molecule has 2 aromatic heterocycles. The monoisotopic (exact) mass is 404 g/mol. The molecule has 27 heavy (non-hydrogen) atoms. The number of para-hydroxylation sites is 1. The Hall–Kier alpha value is -2.52. The zero-order chi connectivity index (χ0) is 19.4. The van der Waals surface area contributed by atoms with E-state index >= 15 is 0 Å². The third kappa shape index (κ3) is 4.25. The zero-order valence-electron chi connectivity index (χ0n) is 15.0. The molecular formula is C18H20N4O3S2. The normalized spacial score (nSPS) is 11.7. The Balaban J connectivity index is 1.77. The van der Waals surface area contributed by atoms with E-state index in [2.05, 4.69) is 14.8 Å². The predicted molar refractivity (Wildman–Crippen MR) is 105 cm³/mol. The minimum absolute atomic E-state index is 0.0805. The third-order valence-electron chi connectivity index (χ3n) is 4.17. The fourth-order valence-electron chi connectivity index (χ4n) is 2.66. The standard InChI is InChI=1S/C18H20N4O3S2/c1-3-15(4-2)27(24,25)21-17(23)16-12-26-18(20-16)13-10-19-22(11-13)14-8-6-5-7-9-14/h5-12,15H,3-4H2,1-2H3,(H,21,23). The first-order valence-electron chi connectivity index (χ1n) is 8.56. The van der Waals surface area contributed by atoms with Crippen molar-refractivity contribution in [2.45, 2.75) is 31.9 Å². The van der Waals surface area contributed by atoms with Crippen LogP contribution < -0.4 is 4.72 Å². The number of carbonyl (C=O) groups excluding carboxylic acids is 1. The van der Waals surface area contributed by atoms with Crippen LogP contribution in [0, 0.1) is 0 Å². The van der Waals surface area contributed by atoms with Crippen LogP contribution in [0.15, 0.2) is 48.1 Å². The van der Waals surface area contributed by atoms with E-state index in [1.165, 1.54) is 11.3 Å². The van der Waals surface area contributed by atoms with Crippen LogP contribution in [0.4, 0.5) is 0 Å². The molecule has 0 aliphatic rings. The minimum Gasteiger partial charge on any atom is -0.266 e. The van der Waals surface area contributed by atoms with Gasteiger partial charge in [0.25, 0.3) is 5.91 Å². The highest BCUT2D eigenvalue weighted by molar-refractivity contribution is 7.90. The molecule has 142 valence electrons. The van der Waals surface area contributed by atoms with E-state index in [1.54, 1.807) is 30.1 Å². The summed E-state index contributed by atoms with van der Waals surface area (Å²) in [5.41, 5.74) is 1.75. The van der Waals surface area contributed by atoms with Crippen LogP contribution in [0.1, 0.15) is 37.2 Å². The van der Waals surface area contributed by atoms with E-state index in [0.29, 0.717) is 17.8 Å². The highest BCUT2D eigenvalue weighted by Crippen LogP contribution is 2.24. The Bertz CT molecular complexity index is 1020. The highest BCUT2D eigenvalue weighted by atomic mass is 32.2. The Kier molecular flexibility index (Phi) is 5.71. The number of benzene rings is 1. The summed E-state index contributed by atoms with van der Waals surface area (Å²) >= 11 is 1.27. The summed E-state index contributed by atoms with van der Waals surface area (Å²) in [6.07, 6.45) is 4.37. The number of thiazole rings is 1. The van der Waals surface area contributed by atoms with Gasteiger partial charge in [-0.15, -0.1) is 11.3 Å². The summed E-state index contributed by atoms with van der Waals surface area (Å²) < 4.78 is 28.3. The van der Waals surface area contributed by atoms with Crippen LogP contribution in [-0.4, -0.2) is 34.3 Å². The van der Waals surface area contributed by atoms with Gasteiger partial charge >= 0.3 is 0 Å². The molecule has 1 aromatic carbocycles. The Morgan fingerprint density at radius 2 is 1.93 bits per heavy atom. The van der Waals surface area contributed by atoms with E-state index in [4.69, 9.17) is 0 Å². The predicted octanol–water partition coefficient (Wildman–Crippen LogP) is 3.24. The van der Waals surface area contributed by atoms with Gasteiger partial charge in [-0.3, -0.25) is 4.79 Å². The van der Waals surface area contributed by atoms with Crippen molar-refractivity contribution in [1.82, 2.24) is 19.5 Å². The van der Waals surface area contributed by atoms with Crippen LogP contribution in [0.2, 0.25) is 0 Å². The molecule has 0 saturated carbocycles. The quantitative estimate of drug-likeness (QED) is 0.652. The van der Waals surface area contributed by atoms with E-state index < -0.39 is 21.2 Å². The molecule has 0 saturated heterocycles. The molecule has 0 spiro atoms. The van der Waals surface area contributed by atoms with Gasteiger partial charge in [0.1, 0.15) is 10.7 Å². The van der Waals surface area contributed by atoms with Gasteiger partial charge in [-0.1, -0.05) is 32.0 Å². The number of amides is 1. The number of hydrogen-bond acceptors (Lipinski definition) is 6. The van der Waals surface area contributed by atoms with Gasteiger partial charge < -0.3 is 0 Å². The zero-order valence-corrected chi connectivity index (χ0v) is 16.6. The first-order valence-corrected chi connectivity index (χ1v) is 11.0. The molecule has 2 heterocycles. The molecule has 3 aromatic rings. The average molecular weight is 405 g/mol. The maximum atomic E-state index is 12.3. The molecule has 0 fully saturated rings. The summed E-state index contributed by atoms with van der Waals surface area (Å²) in [7, 11) is -3.71. The molecule has 1 N–H and O–H groups in total. The van der Waals surface area contributed by atoms with Crippen molar-refractivity contribution in [2.75, 3.05) is 0 Å². The van der Waals surface area contributed by atoms with Crippen LogP contribution >= 0.6 is 11.3 Å². The molecule has 0 aliphatic heterocycles. The van der Waals surface area contributed by atoms with Crippen LogP contribution in [0.3, 0.4) is 0 Å². The van der Waals surface area contributed by atoms with Gasteiger partial charge in [0.05, 0.1) is 17.1 Å². The lowest BCUT2D eigenvalue weighted by atomic mass is 10.3. The minimum atomic E-state index is -3.71. The maximum absolute atomic E-state index is 12.3. The largest absolute Gasteiger partial charge is 0.284 e. The fraction of sp³-hybridized carbons (Fsp3) is 0.278. The van der Waals surface area contributed by atoms with Crippen LogP contribution in [0.5, 0.6) is 0 Å². The summed E-state index contributed by atoms with van der Waals surface area (Å²) in [5, 5.41) is 5.86. The molecule has 3 rings (SSSR count). The van der Waals surface area contributed by atoms with Gasteiger partial charge in [-0.2, -0.15) is 5.10 Å². The van der Waals surface area contributed by atoms with Gasteiger partial charge in [0.15, 0.2) is 0 Å². The molecule has 0 aliphatic carbocycles. The van der Waals surface area contributed by atoms with E-state index in [1.807, 2.05) is 36.5 Å². The number of sulfonamides is 1. The van der Waals surface area contributed by atoms with Crippen molar-refractivity contribution in [1.29, 1.82) is 0 Å². The molecule has 0 bridgehead atoms.